The number of H-pyrrole nitrogens is 1. The van der Waals surface area contributed by atoms with Crippen LogP contribution in [0.5, 0.6) is 0 Å². The monoisotopic (exact) mass is 239 g/mol. The van der Waals surface area contributed by atoms with Crippen molar-refractivity contribution in [3.63, 3.8) is 0 Å². The maximum Gasteiger partial charge on any atom is 0.139 e. The molecule has 0 saturated carbocycles. The van der Waals surface area contributed by atoms with Gasteiger partial charge in [0.2, 0.25) is 0 Å². The second-order valence-electron chi connectivity index (χ2n) is 3.74. The number of nitrogens with zero attached hydrogens (tertiary/aromatic N) is 1. The van der Waals surface area contributed by atoms with Crippen LogP contribution >= 0.6 is 0 Å². The van der Waals surface area contributed by atoms with Crippen LogP contribution in [-0.4, -0.2) is 46.3 Å². The Bertz CT molecular complexity index is 338. The van der Waals surface area contributed by atoms with Gasteiger partial charge in [-0.15, -0.1) is 0 Å². The molecule has 1 aromatic heterocycles. The van der Waals surface area contributed by atoms with Crippen LogP contribution in [0, 0.1) is 0 Å². The summed E-state index contributed by atoms with van der Waals surface area (Å²) in [6.07, 6.45) is 5.37. The summed E-state index contributed by atoms with van der Waals surface area (Å²) in [5, 5.41) is 11.5. The summed E-state index contributed by atoms with van der Waals surface area (Å²) >= 11 is 0. The van der Waals surface area contributed by atoms with E-state index in [1.54, 1.807) is 12.5 Å². The Morgan fingerprint density at radius 3 is 3.00 bits per heavy atom. The Labute approximate surface area is 99.4 Å². The van der Waals surface area contributed by atoms with E-state index in [4.69, 9.17) is 5.11 Å². The molecule has 17 heavy (non-hydrogen) atoms. The summed E-state index contributed by atoms with van der Waals surface area (Å²) in [4.78, 5) is 28.6. The topological polar surface area (TPSA) is 95.1 Å². The van der Waals surface area contributed by atoms with E-state index in [2.05, 4.69) is 15.3 Å². The van der Waals surface area contributed by atoms with Gasteiger partial charge in [0, 0.05) is 31.3 Å². The number of aliphatic hydroxyl groups excluding tert-OH is 1. The van der Waals surface area contributed by atoms with Crippen molar-refractivity contribution in [3.05, 3.63) is 18.2 Å². The Morgan fingerprint density at radius 1 is 1.59 bits per heavy atom. The van der Waals surface area contributed by atoms with Crippen molar-refractivity contribution in [1.29, 1.82) is 0 Å². The SMILES string of the molecule is O=CC(CO)NCCC(=O)CCc1cnc[nH]1. The van der Waals surface area contributed by atoms with Crippen molar-refractivity contribution in [2.75, 3.05) is 13.2 Å². The summed E-state index contributed by atoms with van der Waals surface area (Å²) < 4.78 is 0. The van der Waals surface area contributed by atoms with E-state index in [0.717, 1.165) is 5.69 Å². The van der Waals surface area contributed by atoms with Crippen LogP contribution in [-0.2, 0) is 16.0 Å². The summed E-state index contributed by atoms with van der Waals surface area (Å²) in [5.74, 6) is 0.120. The highest BCUT2D eigenvalue weighted by Gasteiger charge is 2.07. The Kier molecular flexibility index (Phi) is 6.13. The molecule has 0 bridgehead atoms. The molecule has 0 aliphatic rings. The first-order chi connectivity index (χ1) is 8.26. The fraction of sp³-hybridized carbons (Fsp3) is 0.545. The number of Topliss-reactive ketones (excluding diaryl/α,β-unsaturated/α-hetero) is 1. The zero-order chi connectivity index (χ0) is 12.5. The first-order valence-electron chi connectivity index (χ1n) is 5.54. The van der Waals surface area contributed by atoms with Crippen LogP contribution in [0.15, 0.2) is 12.5 Å². The average molecular weight is 239 g/mol. The highest BCUT2D eigenvalue weighted by molar-refractivity contribution is 5.78. The number of aromatic nitrogens is 2. The van der Waals surface area contributed by atoms with Gasteiger partial charge in [0.25, 0.3) is 0 Å². The van der Waals surface area contributed by atoms with E-state index in [1.807, 2.05) is 0 Å². The number of aliphatic hydroxyl groups is 1. The standard InChI is InChI=1S/C11H17N3O3/c15-6-10(7-16)13-4-3-11(17)2-1-9-5-12-8-14-9/h5-6,8,10,13,16H,1-4,7H2,(H,12,14). The molecule has 6 nitrogen and oxygen atoms in total. The van der Waals surface area contributed by atoms with E-state index >= 15 is 0 Å². The number of rotatable bonds is 9. The minimum atomic E-state index is -0.574. The normalized spacial score (nSPS) is 12.3. The molecule has 94 valence electrons. The van der Waals surface area contributed by atoms with Gasteiger partial charge in [0.05, 0.1) is 19.0 Å². The summed E-state index contributed by atoms with van der Waals surface area (Å²) in [5.41, 5.74) is 0.937. The molecular weight excluding hydrogens is 222 g/mol. The van der Waals surface area contributed by atoms with Crippen molar-refractivity contribution >= 4 is 12.1 Å². The molecule has 0 fully saturated rings. The van der Waals surface area contributed by atoms with Crippen LogP contribution in [0.4, 0.5) is 0 Å². The van der Waals surface area contributed by atoms with Gasteiger partial charge >= 0.3 is 0 Å². The Hall–Kier alpha value is -1.53. The lowest BCUT2D eigenvalue weighted by atomic mass is 10.1. The van der Waals surface area contributed by atoms with Crippen molar-refractivity contribution in [1.82, 2.24) is 15.3 Å². The molecule has 0 spiro atoms. The number of ketones is 1. The van der Waals surface area contributed by atoms with Crippen molar-refractivity contribution in [2.45, 2.75) is 25.3 Å². The first kappa shape index (κ1) is 13.5. The number of aryl methyl sites for hydroxylation is 1. The third-order valence-corrected chi connectivity index (χ3v) is 2.40. The molecule has 0 aromatic carbocycles. The fourth-order valence-corrected chi connectivity index (χ4v) is 1.37. The Morgan fingerprint density at radius 2 is 2.41 bits per heavy atom. The van der Waals surface area contributed by atoms with Gasteiger partial charge in [-0.25, -0.2) is 4.98 Å². The summed E-state index contributed by atoms with van der Waals surface area (Å²) in [7, 11) is 0. The van der Waals surface area contributed by atoms with Gasteiger partial charge in [0.1, 0.15) is 12.1 Å². The third kappa shape index (κ3) is 5.37. The summed E-state index contributed by atoms with van der Waals surface area (Å²) in [6, 6.07) is -0.574. The molecule has 0 saturated heterocycles. The predicted molar refractivity (Wildman–Crippen MR) is 61.5 cm³/mol. The molecule has 1 unspecified atom stereocenters. The zero-order valence-electron chi connectivity index (χ0n) is 9.56. The molecule has 1 heterocycles. The van der Waals surface area contributed by atoms with Gasteiger partial charge < -0.3 is 20.2 Å². The smallest absolute Gasteiger partial charge is 0.139 e. The maximum atomic E-state index is 11.5. The number of hydrogen-bond acceptors (Lipinski definition) is 5. The second kappa shape index (κ2) is 7.70. The Balaban J connectivity index is 2.11. The van der Waals surface area contributed by atoms with Crippen LogP contribution in [0.1, 0.15) is 18.5 Å². The lowest BCUT2D eigenvalue weighted by molar-refractivity contribution is -0.119. The van der Waals surface area contributed by atoms with E-state index in [-0.39, 0.29) is 12.4 Å². The first-order valence-corrected chi connectivity index (χ1v) is 5.54. The number of aldehydes is 1. The van der Waals surface area contributed by atoms with Crippen LogP contribution < -0.4 is 5.32 Å². The summed E-state index contributed by atoms with van der Waals surface area (Å²) in [6.45, 7) is 0.164. The highest BCUT2D eigenvalue weighted by atomic mass is 16.3. The third-order valence-electron chi connectivity index (χ3n) is 2.40. The van der Waals surface area contributed by atoms with Gasteiger partial charge in [0.15, 0.2) is 0 Å². The maximum absolute atomic E-state index is 11.5. The number of imidazole rings is 1. The van der Waals surface area contributed by atoms with E-state index in [0.29, 0.717) is 32.1 Å². The minimum Gasteiger partial charge on any atom is -0.394 e. The van der Waals surface area contributed by atoms with Gasteiger partial charge in [-0.1, -0.05) is 0 Å². The quantitative estimate of drug-likeness (QED) is 0.503. The molecule has 1 atom stereocenters. The number of aromatic amines is 1. The number of nitrogens with one attached hydrogen (secondary N) is 2. The minimum absolute atomic E-state index is 0.120. The van der Waals surface area contributed by atoms with E-state index in [1.165, 1.54) is 0 Å². The average Bonchev–Trinajstić information content (AvgIpc) is 2.85. The second-order valence-corrected chi connectivity index (χ2v) is 3.74. The number of hydrogen-bond donors (Lipinski definition) is 3. The molecule has 0 aliphatic carbocycles. The molecule has 1 aromatic rings. The van der Waals surface area contributed by atoms with Crippen molar-refractivity contribution < 1.29 is 14.7 Å². The molecule has 0 amide bonds. The van der Waals surface area contributed by atoms with E-state index in [9.17, 15) is 9.59 Å². The molecule has 0 aliphatic heterocycles. The van der Waals surface area contributed by atoms with Crippen molar-refractivity contribution in [2.24, 2.45) is 0 Å². The lowest BCUT2D eigenvalue weighted by Crippen LogP contribution is -2.35. The van der Waals surface area contributed by atoms with Gasteiger partial charge in [-0.05, 0) is 6.42 Å². The number of carbonyl (C=O) groups is 2. The molecular formula is C11H17N3O3. The van der Waals surface area contributed by atoms with Crippen LogP contribution in [0.2, 0.25) is 0 Å². The van der Waals surface area contributed by atoms with Crippen molar-refractivity contribution in [3.8, 4) is 0 Å². The predicted octanol–water partition coefficient (Wildman–Crippen LogP) is -0.549. The highest BCUT2D eigenvalue weighted by Crippen LogP contribution is 1.99. The fourth-order valence-electron chi connectivity index (χ4n) is 1.37. The van der Waals surface area contributed by atoms with Crippen LogP contribution in [0.3, 0.4) is 0 Å². The largest absolute Gasteiger partial charge is 0.394 e. The zero-order valence-corrected chi connectivity index (χ0v) is 9.56. The molecule has 6 heteroatoms. The number of carbonyl (C=O) groups excluding carboxylic acids is 2. The molecule has 1 rings (SSSR count). The molecule has 0 radical (unpaired) electrons. The van der Waals surface area contributed by atoms with Gasteiger partial charge in [-0.2, -0.15) is 0 Å². The van der Waals surface area contributed by atoms with Crippen LogP contribution in [0.25, 0.3) is 0 Å². The lowest BCUT2D eigenvalue weighted by Gasteiger charge is -2.08. The van der Waals surface area contributed by atoms with Gasteiger partial charge in [-0.3, -0.25) is 4.79 Å². The van der Waals surface area contributed by atoms with E-state index < -0.39 is 6.04 Å². The molecule has 3 N–H and O–H groups in total.